The van der Waals surface area contributed by atoms with Gasteiger partial charge in [-0.1, -0.05) is 55.3 Å². The van der Waals surface area contributed by atoms with Crippen LogP contribution >= 0.6 is 11.5 Å². The third-order valence-corrected chi connectivity index (χ3v) is 13.3. The van der Waals surface area contributed by atoms with Crippen molar-refractivity contribution in [1.82, 2.24) is 29.6 Å². The van der Waals surface area contributed by atoms with Gasteiger partial charge < -0.3 is 20.3 Å². The Labute approximate surface area is 314 Å². The maximum atomic E-state index is 15.5. The van der Waals surface area contributed by atoms with Crippen LogP contribution in [0.1, 0.15) is 67.5 Å². The van der Waals surface area contributed by atoms with Crippen LogP contribution in [0.25, 0.3) is 21.7 Å². The highest BCUT2D eigenvalue weighted by Gasteiger charge is 2.62. The number of hydrogen-bond donors (Lipinski definition) is 3. The molecule has 4 aliphatic rings. The highest BCUT2D eigenvalue weighted by molar-refractivity contribution is 7.91. The third kappa shape index (κ3) is 7.04. The molecule has 0 spiro atoms. The van der Waals surface area contributed by atoms with Gasteiger partial charge in [-0.15, -0.1) is 0 Å². The lowest BCUT2D eigenvalue weighted by Gasteiger charge is -2.29. The van der Waals surface area contributed by atoms with E-state index in [1.165, 1.54) is 17.2 Å². The summed E-state index contributed by atoms with van der Waals surface area (Å²) >= 11 is 0.995. The first-order chi connectivity index (χ1) is 26.0. The van der Waals surface area contributed by atoms with Gasteiger partial charge in [-0.2, -0.15) is 0 Å². The number of aromatic nitrogens is 2. The zero-order valence-corrected chi connectivity index (χ0v) is 30.8. The minimum Gasteiger partial charge on any atom is -0.472 e. The van der Waals surface area contributed by atoms with Crippen LogP contribution in [-0.2, 0) is 24.4 Å². The standard InChI is InChI=1S/C38H39FN6O7S2/c39-27-12-8-11-26-25-10-6-7-13-28(25)42-35(32(26)27)52-23-19-30-33(46)43-38(37(49)44-54(50,51)24-15-16-24)20-22(38)9-4-2-1-3-5-14-29(36(48)45(30)21-23)41-34(47)31-17-18-40-53-31/h4,6-13,17-18,22-24,29-30H,1-3,5,14-16,19-21H2,(H,41,47)(H,43,46)(H,44,49)/b9-4-/t22-,23-,29+,30+,38-/m1/s1. The molecule has 54 heavy (non-hydrogen) atoms. The van der Waals surface area contributed by atoms with E-state index in [2.05, 4.69) is 24.7 Å². The van der Waals surface area contributed by atoms with Crippen molar-refractivity contribution >= 4 is 66.9 Å². The summed E-state index contributed by atoms with van der Waals surface area (Å²) in [6, 6.07) is 11.3. The molecule has 2 aliphatic carbocycles. The SMILES string of the molecule is O=C(N[C@H]1CCCCC/C=C\[C@@H]2C[C@@]2(C(=O)NS(=O)(=O)C2CC2)NC(=O)[C@@H]2C[C@@H](Oc3nc4ccccc4c4cccc(F)c34)CN2C1=O)c1ccns1. The molecule has 16 heteroatoms. The molecule has 1 saturated heterocycles. The van der Waals surface area contributed by atoms with Crippen LogP contribution < -0.4 is 20.1 Å². The topological polar surface area (TPSA) is 177 Å². The number of sulfonamides is 1. The fraction of sp³-hybridized carbons (Fsp3) is 0.421. The van der Waals surface area contributed by atoms with Crippen LogP contribution in [0, 0.1) is 11.7 Å². The second-order valence-corrected chi connectivity index (χ2v) is 17.3. The van der Waals surface area contributed by atoms with Crippen LogP contribution in [0.5, 0.6) is 5.88 Å². The van der Waals surface area contributed by atoms with Crippen LogP contribution in [0.4, 0.5) is 4.39 Å². The van der Waals surface area contributed by atoms with E-state index in [1.54, 1.807) is 24.3 Å². The van der Waals surface area contributed by atoms with Gasteiger partial charge in [0.05, 0.1) is 22.7 Å². The summed E-state index contributed by atoms with van der Waals surface area (Å²) in [6.07, 6.45) is 8.60. The number of nitrogens with one attached hydrogen (secondary N) is 3. The molecular weight excluding hydrogens is 736 g/mol. The largest absolute Gasteiger partial charge is 0.472 e. The van der Waals surface area contributed by atoms with Crippen LogP contribution in [0.2, 0.25) is 0 Å². The average molecular weight is 775 g/mol. The quantitative estimate of drug-likeness (QED) is 0.184. The number of carbonyl (C=O) groups is 4. The van der Waals surface area contributed by atoms with Crippen molar-refractivity contribution in [3.63, 3.8) is 0 Å². The number of para-hydroxylation sites is 1. The van der Waals surface area contributed by atoms with Crippen LogP contribution in [-0.4, -0.2) is 81.8 Å². The summed E-state index contributed by atoms with van der Waals surface area (Å²) in [6.45, 7) is -0.104. The molecule has 8 rings (SSSR count). The molecule has 3 fully saturated rings. The van der Waals surface area contributed by atoms with Crippen molar-refractivity contribution in [3.8, 4) is 5.88 Å². The number of nitrogens with zero attached hydrogens (tertiary/aromatic N) is 3. The molecule has 2 saturated carbocycles. The Morgan fingerprint density at radius 2 is 1.83 bits per heavy atom. The van der Waals surface area contributed by atoms with Gasteiger partial charge in [0.15, 0.2) is 0 Å². The highest BCUT2D eigenvalue weighted by atomic mass is 32.2. The van der Waals surface area contributed by atoms with Gasteiger partial charge in [0.2, 0.25) is 27.7 Å². The van der Waals surface area contributed by atoms with Gasteiger partial charge in [-0.25, -0.2) is 22.2 Å². The van der Waals surface area contributed by atoms with Gasteiger partial charge in [0, 0.05) is 23.9 Å². The molecule has 2 aromatic carbocycles. The lowest BCUT2D eigenvalue weighted by molar-refractivity contribution is -0.141. The molecule has 4 aromatic rings. The zero-order chi connectivity index (χ0) is 37.6. The highest BCUT2D eigenvalue weighted by Crippen LogP contribution is 2.46. The summed E-state index contributed by atoms with van der Waals surface area (Å²) in [7, 11) is -3.92. The van der Waals surface area contributed by atoms with Crippen LogP contribution in [0.15, 0.2) is 66.9 Å². The van der Waals surface area contributed by atoms with E-state index in [-0.39, 0.29) is 30.7 Å². The van der Waals surface area contributed by atoms with Crippen molar-refractivity contribution in [3.05, 3.63) is 77.6 Å². The molecule has 2 aromatic heterocycles. The predicted octanol–water partition coefficient (Wildman–Crippen LogP) is 4.13. The fourth-order valence-electron chi connectivity index (χ4n) is 7.58. The van der Waals surface area contributed by atoms with Gasteiger partial charge in [-0.05, 0) is 73.6 Å². The van der Waals surface area contributed by atoms with Crippen molar-refractivity contribution in [2.75, 3.05) is 6.54 Å². The summed E-state index contributed by atoms with van der Waals surface area (Å²) in [5.74, 6) is -3.48. The van der Waals surface area contributed by atoms with Gasteiger partial charge in [0.25, 0.3) is 11.8 Å². The molecule has 2 aliphatic heterocycles. The minimum absolute atomic E-state index is 0.00553. The normalized spacial score (nSPS) is 26.9. The van der Waals surface area contributed by atoms with E-state index < -0.39 is 74.4 Å². The maximum absolute atomic E-state index is 15.5. The maximum Gasteiger partial charge on any atom is 0.263 e. The first-order valence-corrected chi connectivity index (χ1v) is 20.6. The minimum atomic E-state index is -3.92. The number of fused-ring (bicyclic) bond motifs is 5. The molecule has 0 unspecified atom stereocenters. The first-order valence-electron chi connectivity index (χ1n) is 18.2. The Bertz CT molecular complexity index is 2280. The number of amides is 4. The molecule has 0 bridgehead atoms. The Morgan fingerprint density at radius 1 is 1.02 bits per heavy atom. The second kappa shape index (κ2) is 14.4. The monoisotopic (exact) mass is 774 g/mol. The average Bonchev–Trinajstić information content (AvgIpc) is 4.01. The lowest BCUT2D eigenvalue weighted by Crippen LogP contribution is -2.58. The van der Waals surface area contributed by atoms with E-state index in [1.807, 2.05) is 30.4 Å². The molecule has 0 radical (unpaired) electrons. The number of benzene rings is 2. The third-order valence-electron chi connectivity index (χ3n) is 10.7. The number of pyridine rings is 1. The van der Waals surface area contributed by atoms with E-state index in [0.717, 1.165) is 29.8 Å². The van der Waals surface area contributed by atoms with Crippen LogP contribution in [0.3, 0.4) is 0 Å². The van der Waals surface area contributed by atoms with Crippen molar-refractivity contribution in [2.24, 2.45) is 5.92 Å². The molecular formula is C38H39FN6O7S2. The Kier molecular flexibility index (Phi) is 9.58. The van der Waals surface area contributed by atoms with Crippen molar-refractivity contribution in [2.45, 2.75) is 86.8 Å². The molecule has 13 nitrogen and oxygen atoms in total. The summed E-state index contributed by atoms with van der Waals surface area (Å²) in [5.41, 5.74) is -0.970. The number of rotatable bonds is 7. The molecule has 4 heterocycles. The predicted molar refractivity (Wildman–Crippen MR) is 198 cm³/mol. The van der Waals surface area contributed by atoms with Crippen molar-refractivity contribution in [1.29, 1.82) is 0 Å². The lowest BCUT2D eigenvalue weighted by atomic mass is 10.0. The second-order valence-electron chi connectivity index (χ2n) is 14.5. The first kappa shape index (κ1) is 36.0. The molecule has 4 amide bonds. The summed E-state index contributed by atoms with van der Waals surface area (Å²) in [5, 5.41) is 6.53. The molecule has 3 N–H and O–H groups in total. The van der Waals surface area contributed by atoms with Crippen molar-refractivity contribution < 1.29 is 36.7 Å². The summed E-state index contributed by atoms with van der Waals surface area (Å²) in [4.78, 5) is 62.2. The zero-order valence-electron chi connectivity index (χ0n) is 29.2. The number of hydrogen-bond acceptors (Lipinski definition) is 10. The Hall–Kier alpha value is -4.96. The summed E-state index contributed by atoms with van der Waals surface area (Å²) < 4.78 is 53.8. The Balaban J connectivity index is 1.13. The number of allylic oxidation sites excluding steroid dienone is 1. The van der Waals surface area contributed by atoms with Gasteiger partial charge in [-0.3, -0.25) is 23.9 Å². The smallest absolute Gasteiger partial charge is 0.263 e. The van der Waals surface area contributed by atoms with Gasteiger partial charge in [0.1, 0.15) is 34.4 Å². The number of carbonyl (C=O) groups excluding carboxylic acids is 4. The number of ether oxygens (including phenoxy) is 1. The van der Waals surface area contributed by atoms with E-state index in [4.69, 9.17) is 4.74 Å². The fourth-order valence-corrected chi connectivity index (χ4v) is 9.45. The molecule has 5 atom stereocenters. The van der Waals surface area contributed by atoms with Gasteiger partial charge >= 0.3 is 0 Å². The Morgan fingerprint density at radius 3 is 2.63 bits per heavy atom. The number of halogens is 1. The van der Waals surface area contributed by atoms with E-state index >= 15 is 4.39 Å². The van der Waals surface area contributed by atoms with E-state index in [0.29, 0.717) is 47.9 Å². The van der Waals surface area contributed by atoms with E-state index in [9.17, 15) is 27.6 Å². The molecule has 282 valence electrons.